The fourth-order valence-corrected chi connectivity index (χ4v) is 0.809. The van der Waals surface area contributed by atoms with Gasteiger partial charge >= 0.3 is 29.6 Å². The van der Waals surface area contributed by atoms with Gasteiger partial charge in [-0.2, -0.15) is 0 Å². The van der Waals surface area contributed by atoms with E-state index in [1.54, 1.807) is 0 Å². The third-order valence-corrected chi connectivity index (χ3v) is 1.85. The molecule has 1 aliphatic carbocycles. The maximum Gasteiger partial charge on any atom is 1.00 e. The Morgan fingerprint density at radius 3 is 2.14 bits per heavy atom. The van der Waals surface area contributed by atoms with Crippen molar-refractivity contribution in [3.8, 4) is 0 Å². The zero-order valence-corrected chi connectivity index (χ0v) is 7.07. The maximum absolute atomic E-state index is 9.87. The van der Waals surface area contributed by atoms with Gasteiger partial charge in [0.05, 0.1) is 5.25 Å². The van der Waals surface area contributed by atoms with Crippen molar-refractivity contribution in [1.82, 2.24) is 0 Å². The van der Waals surface area contributed by atoms with E-state index in [1.165, 1.54) is 0 Å². The van der Waals surface area contributed by atoms with Crippen molar-refractivity contribution >= 4 is 11.1 Å². The van der Waals surface area contributed by atoms with E-state index < -0.39 is 11.1 Å². The largest absolute Gasteiger partial charge is 1.00 e. The second-order valence-electron chi connectivity index (χ2n) is 1.48. The fourth-order valence-electron chi connectivity index (χ4n) is 0.270. The van der Waals surface area contributed by atoms with Gasteiger partial charge in [0.2, 0.25) is 0 Å². The Balaban J connectivity index is 0. The van der Waals surface area contributed by atoms with Crippen LogP contribution in [-0.2, 0) is 11.1 Å². The standard InChI is InChI=1S/C3H6O2S.Na.H/c4-6(5)3-1-2-3;;/h3H,1-2H2,(H,4,5);;/q;+1;-1. The van der Waals surface area contributed by atoms with Crippen LogP contribution in [0.2, 0.25) is 0 Å². The van der Waals surface area contributed by atoms with E-state index >= 15 is 0 Å². The first kappa shape index (κ1) is 8.11. The molecule has 0 aromatic rings. The van der Waals surface area contributed by atoms with Crippen LogP contribution in [0, 0.1) is 0 Å². The number of hydrogen-bond acceptors (Lipinski definition) is 1. The van der Waals surface area contributed by atoms with Crippen LogP contribution in [0.25, 0.3) is 0 Å². The second kappa shape index (κ2) is 3.20. The molecule has 0 aromatic carbocycles. The van der Waals surface area contributed by atoms with Crippen molar-refractivity contribution in [2.24, 2.45) is 0 Å². The van der Waals surface area contributed by atoms with E-state index in [-0.39, 0.29) is 36.2 Å². The summed E-state index contributed by atoms with van der Waals surface area (Å²) in [6.45, 7) is 0. The average Bonchev–Trinajstić information content (AvgIpc) is 2.06. The molecule has 0 radical (unpaired) electrons. The average molecular weight is 130 g/mol. The zero-order valence-electron chi connectivity index (χ0n) is 5.26. The van der Waals surface area contributed by atoms with Crippen LogP contribution in [0.3, 0.4) is 0 Å². The second-order valence-corrected chi connectivity index (χ2v) is 2.69. The van der Waals surface area contributed by atoms with E-state index in [1.807, 2.05) is 0 Å². The Morgan fingerprint density at radius 1 is 1.71 bits per heavy atom. The van der Waals surface area contributed by atoms with Gasteiger partial charge in [0.25, 0.3) is 0 Å². The minimum absolute atomic E-state index is 0. The summed E-state index contributed by atoms with van der Waals surface area (Å²) in [6, 6.07) is 0. The van der Waals surface area contributed by atoms with Crippen LogP contribution in [0.5, 0.6) is 0 Å². The van der Waals surface area contributed by atoms with Gasteiger partial charge in [-0.05, 0) is 12.8 Å². The first-order valence-corrected chi connectivity index (χ1v) is 3.07. The smallest absolute Gasteiger partial charge is 1.00 e. The maximum atomic E-state index is 9.87. The minimum atomic E-state index is -1.51. The molecule has 1 saturated carbocycles. The molecule has 0 bridgehead atoms. The molecule has 7 heavy (non-hydrogen) atoms. The molecular formula is C3H7NaO2S. The van der Waals surface area contributed by atoms with E-state index in [0.29, 0.717) is 0 Å². The quantitative estimate of drug-likeness (QED) is 0.314. The Kier molecular flexibility index (Phi) is 3.71. The van der Waals surface area contributed by atoms with E-state index in [9.17, 15) is 4.21 Å². The summed E-state index contributed by atoms with van der Waals surface area (Å²) in [5.41, 5.74) is 0. The van der Waals surface area contributed by atoms with Crippen LogP contribution < -0.4 is 29.6 Å². The molecule has 0 aromatic heterocycles. The normalized spacial score (nSPS) is 23.0. The predicted molar refractivity (Wildman–Crippen MR) is 24.9 cm³/mol. The van der Waals surface area contributed by atoms with Gasteiger partial charge in [-0.1, -0.05) is 0 Å². The molecule has 0 amide bonds. The summed E-state index contributed by atoms with van der Waals surface area (Å²) < 4.78 is 18.0. The van der Waals surface area contributed by atoms with Gasteiger partial charge in [0.15, 0.2) is 11.1 Å². The molecule has 2 nitrogen and oxygen atoms in total. The molecular weight excluding hydrogens is 123 g/mol. The Labute approximate surface area is 68.7 Å². The summed E-state index contributed by atoms with van der Waals surface area (Å²) in [5, 5.41) is 0.130. The van der Waals surface area contributed by atoms with Crippen molar-refractivity contribution in [3.05, 3.63) is 0 Å². The minimum Gasteiger partial charge on any atom is -1.00 e. The van der Waals surface area contributed by atoms with E-state index in [4.69, 9.17) is 4.55 Å². The summed E-state index contributed by atoms with van der Waals surface area (Å²) in [6.07, 6.45) is 1.90. The first-order chi connectivity index (χ1) is 2.80. The number of hydrogen-bond donors (Lipinski definition) is 1. The number of rotatable bonds is 1. The predicted octanol–water partition coefficient (Wildman–Crippen LogP) is -2.51. The van der Waals surface area contributed by atoms with E-state index in [2.05, 4.69) is 0 Å². The Bertz CT molecular complexity index is 85.4. The SMILES string of the molecule is O=S(O)C1CC1.[H-].[Na+]. The van der Waals surface area contributed by atoms with Crippen LogP contribution in [0.15, 0.2) is 0 Å². The van der Waals surface area contributed by atoms with Gasteiger partial charge < -0.3 is 5.98 Å². The summed E-state index contributed by atoms with van der Waals surface area (Å²) >= 11 is -1.51. The Morgan fingerprint density at radius 2 is 2.14 bits per heavy atom. The summed E-state index contributed by atoms with van der Waals surface area (Å²) in [5.74, 6) is 0. The van der Waals surface area contributed by atoms with Gasteiger partial charge in [-0.25, -0.2) is 4.21 Å². The molecule has 4 heteroatoms. The third kappa shape index (κ3) is 2.82. The molecule has 0 aliphatic heterocycles. The van der Waals surface area contributed by atoms with Crippen molar-refractivity contribution in [1.29, 1.82) is 0 Å². The van der Waals surface area contributed by atoms with Gasteiger partial charge in [-0.15, -0.1) is 0 Å². The van der Waals surface area contributed by atoms with Crippen molar-refractivity contribution in [2.75, 3.05) is 0 Å². The molecule has 1 atom stereocenters. The van der Waals surface area contributed by atoms with Crippen molar-refractivity contribution in [2.45, 2.75) is 18.1 Å². The summed E-state index contributed by atoms with van der Waals surface area (Å²) in [4.78, 5) is 0. The first-order valence-electron chi connectivity index (χ1n) is 1.90. The zero-order chi connectivity index (χ0) is 4.57. The third-order valence-electron chi connectivity index (χ3n) is 0.810. The molecule has 1 N–H and O–H groups in total. The molecule has 38 valence electrons. The Hall–Kier alpha value is 1.11. The molecule has 1 aliphatic rings. The van der Waals surface area contributed by atoms with Gasteiger partial charge in [0, 0.05) is 0 Å². The monoisotopic (exact) mass is 130 g/mol. The van der Waals surface area contributed by atoms with Gasteiger partial charge in [-0.3, -0.25) is 0 Å². The molecule has 0 spiro atoms. The van der Waals surface area contributed by atoms with Crippen LogP contribution in [0.1, 0.15) is 14.3 Å². The van der Waals surface area contributed by atoms with Gasteiger partial charge in [0.1, 0.15) is 0 Å². The van der Waals surface area contributed by atoms with Crippen LogP contribution in [-0.4, -0.2) is 14.0 Å². The topological polar surface area (TPSA) is 37.3 Å². The van der Waals surface area contributed by atoms with Crippen LogP contribution >= 0.6 is 0 Å². The van der Waals surface area contributed by atoms with E-state index in [0.717, 1.165) is 12.8 Å². The van der Waals surface area contributed by atoms with Crippen molar-refractivity contribution in [3.63, 3.8) is 0 Å². The molecule has 0 heterocycles. The molecule has 1 unspecified atom stereocenters. The molecule has 1 fully saturated rings. The molecule has 0 saturated heterocycles. The summed E-state index contributed by atoms with van der Waals surface area (Å²) in [7, 11) is 0. The van der Waals surface area contributed by atoms with Crippen LogP contribution in [0.4, 0.5) is 0 Å². The molecule has 1 rings (SSSR count). The van der Waals surface area contributed by atoms with Crippen molar-refractivity contribution < 1.29 is 39.7 Å². The fraction of sp³-hybridized carbons (Fsp3) is 1.00.